The quantitative estimate of drug-likeness (QED) is 0.386. The van der Waals surface area contributed by atoms with Crippen molar-refractivity contribution in [3.63, 3.8) is 0 Å². The molecule has 5 rings (SSSR count). The van der Waals surface area contributed by atoms with Crippen molar-refractivity contribution in [3.8, 4) is 11.1 Å². The molecule has 0 aliphatic carbocycles. The van der Waals surface area contributed by atoms with Crippen molar-refractivity contribution >= 4 is 17.1 Å². The summed E-state index contributed by atoms with van der Waals surface area (Å²) in [6, 6.07) is 10.8. The first-order chi connectivity index (χ1) is 16.8. The SMILES string of the molecule is CC(n1ncc2cc(-c3ccc(Cl)cc3)cn2c1=O)C(O)(Cn1cncn1)c1ccc(F)cc1F. The minimum atomic E-state index is -2.03. The lowest BCUT2D eigenvalue weighted by atomic mass is 9.86. The van der Waals surface area contributed by atoms with E-state index < -0.39 is 29.0 Å². The summed E-state index contributed by atoms with van der Waals surface area (Å²) in [5, 5.41) is 20.6. The van der Waals surface area contributed by atoms with E-state index in [2.05, 4.69) is 15.2 Å². The van der Waals surface area contributed by atoms with Gasteiger partial charge in [-0.2, -0.15) is 10.2 Å². The fourth-order valence-electron chi connectivity index (χ4n) is 4.14. The van der Waals surface area contributed by atoms with Crippen molar-refractivity contribution in [2.75, 3.05) is 0 Å². The van der Waals surface area contributed by atoms with E-state index in [1.165, 1.54) is 34.9 Å². The summed E-state index contributed by atoms with van der Waals surface area (Å²) in [5.41, 5.74) is -0.611. The van der Waals surface area contributed by atoms with E-state index in [9.17, 15) is 18.7 Å². The van der Waals surface area contributed by atoms with Crippen molar-refractivity contribution < 1.29 is 13.9 Å². The predicted octanol–water partition coefficient (Wildman–Crippen LogP) is 3.84. The summed E-state index contributed by atoms with van der Waals surface area (Å²) in [6.45, 7) is 1.27. The molecule has 0 radical (unpaired) electrons. The molecule has 178 valence electrons. The molecule has 2 aromatic carbocycles. The topological polar surface area (TPSA) is 90.2 Å². The Morgan fingerprint density at radius 3 is 2.54 bits per heavy atom. The van der Waals surface area contributed by atoms with Gasteiger partial charge in [0, 0.05) is 28.4 Å². The van der Waals surface area contributed by atoms with Crippen molar-refractivity contribution in [1.82, 2.24) is 28.9 Å². The number of hydrogen-bond donors (Lipinski definition) is 1. The molecule has 0 spiro atoms. The van der Waals surface area contributed by atoms with E-state index in [1.54, 1.807) is 24.4 Å². The molecule has 0 aliphatic rings. The summed E-state index contributed by atoms with van der Waals surface area (Å²) in [6.07, 6.45) is 5.75. The molecule has 11 heteroatoms. The van der Waals surface area contributed by atoms with E-state index in [0.29, 0.717) is 16.6 Å². The van der Waals surface area contributed by atoms with Gasteiger partial charge in [0.15, 0.2) is 0 Å². The second-order valence-electron chi connectivity index (χ2n) is 8.22. The molecule has 5 aromatic rings. The highest BCUT2D eigenvalue weighted by Crippen LogP contribution is 2.36. The Morgan fingerprint density at radius 1 is 1.09 bits per heavy atom. The van der Waals surface area contributed by atoms with Gasteiger partial charge in [0.1, 0.15) is 29.9 Å². The Hall–Kier alpha value is -3.89. The number of aliphatic hydroxyl groups is 1. The first-order valence-electron chi connectivity index (χ1n) is 10.6. The standard InChI is InChI=1S/C24H19ClF2N6O2/c1-15(24(35,12-31-14-28-13-30-31)21-7-6-19(26)9-22(21)27)33-23(34)32-11-17(8-20(32)10-29-33)16-2-4-18(25)5-3-16/h2-11,13-15,35H,12H2,1H3. The van der Waals surface area contributed by atoms with Crippen molar-refractivity contribution in [2.45, 2.75) is 25.1 Å². The van der Waals surface area contributed by atoms with Gasteiger partial charge in [-0.3, -0.25) is 4.40 Å². The number of fused-ring (bicyclic) bond motifs is 1. The molecule has 0 amide bonds. The van der Waals surface area contributed by atoms with Crippen LogP contribution in [-0.2, 0) is 12.1 Å². The molecule has 0 saturated carbocycles. The lowest BCUT2D eigenvalue weighted by molar-refractivity contribution is -0.0390. The predicted molar refractivity (Wildman–Crippen MR) is 125 cm³/mol. The second-order valence-corrected chi connectivity index (χ2v) is 8.66. The molecule has 2 unspecified atom stereocenters. The van der Waals surface area contributed by atoms with Crippen LogP contribution in [0.5, 0.6) is 0 Å². The number of aromatic nitrogens is 6. The molecule has 1 N–H and O–H groups in total. The Labute approximate surface area is 202 Å². The van der Waals surface area contributed by atoms with Crippen molar-refractivity contribution in [3.05, 3.63) is 106 Å². The minimum absolute atomic E-state index is 0.204. The molecule has 2 atom stereocenters. The molecule has 3 heterocycles. The lowest BCUT2D eigenvalue weighted by Gasteiger charge is -2.34. The van der Waals surface area contributed by atoms with Gasteiger partial charge in [-0.05, 0) is 36.8 Å². The molecule has 0 bridgehead atoms. The maximum absolute atomic E-state index is 14.9. The number of halogens is 3. The first kappa shape index (κ1) is 22.9. The summed E-state index contributed by atoms with van der Waals surface area (Å²) in [5.74, 6) is -1.75. The zero-order chi connectivity index (χ0) is 24.7. The average Bonchev–Trinajstić information content (AvgIpc) is 3.49. The zero-order valence-corrected chi connectivity index (χ0v) is 19.1. The van der Waals surface area contributed by atoms with Gasteiger partial charge in [-0.1, -0.05) is 29.8 Å². The van der Waals surface area contributed by atoms with Gasteiger partial charge in [0.25, 0.3) is 0 Å². The molecular weight excluding hydrogens is 478 g/mol. The third-order valence-corrected chi connectivity index (χ3v) is 6.32. The maximum atomic E-state index is 14.9. The van der Waals surface area contributed by atoms with E-state index in [-0.39, 0.29) is 12.1 Å². The Balaban J connectivity index is 1.62. The smallest absolute Gasteiger partial charge is 0.349 e. The monoisotopic (exact) mass is 496 g/mol. The van der Waals surface area contributed by atoms with Crippen molar-refractivity contribution in [2.24, 2.45) is 0 Å². The molecule has 0 fully saturated rings. The van der Waals surface area contributed by atoms with Crippen molar-refractivity contribution in [1.29, 1.82) is 0 Å². The van der Waals surface area contributed by atoms with E-state index in [4.69, 9.17) is 11.6 Å². The molecule has 0 aliphatic heterocycles. The minimum Gasteiger partial charge on any atom is -0.381 e. The van der Waals surface area contributed by atoms with Gasteiger partial charge in [0.2, 0.25) is 0 Å². The van der Waals surface area contributed by atoms with Crippen LogP contribution in [0.3, 0.4) is 0 Å². The Bertz CT molecular complexity index is 1570. The lowest BCUT2D eigenvalue weighted by Crippen LogP contribution is -2.45. The van der Waals surface area contributed by atoms with Gasteiger partial charge in [-0.25, -0.2) is 27.9 Å². The van der Waals surface area contributed by atoms with Crippen LogP contribution in [0.2, 0.25) is 5.02 Å². The molecular formula is C24H19ClF2N6O2. The number of nitrogens with zero attached hydrogens (tertiary/aromatic N) is 6. The van der Waals surface area contributed by atoms with Crippen LogP contribution in [0.25, 0.3) is 16.6 Å². The fraction of sp³-hybridized carbons (Fsp3) is 0.167. The van der Waals surface area contributed by atoms with Crippen LogP contribution in [0, 0.1) is 11.6 Å². The molecule has 3 aromatic heterocycles. The van der Waals surface area contributed by atoms with Crippen LogP contribution < -0.4 is 5.69 Å². The second kappa shape index (κ2) is 8.71. The number of rotatable bonds is 6. The first-order valence-corrected chi connectivity index (χ1v) is 11.0. The van der Waals surface area contributed by atoms with Crippen LogP contribution >= 0.6 is 11.6 Å². The Morgan fingerprint density at radius 2 is 1.86 bits per heavy atom. The van der Waals surface area contributed by atoms with E-state index in [1.807, 2.05) is 12.1 Å². The summed E-state index contributed by atoms with van der Waals surface area (Å²) in [7, 11) is 0. The largest absolute Gasteiger partial charge is 0.381 e. The van der Waals surface area contributed by atoms with Crippen LogP contribution in [0.1, 0.15) is 18.5 Å². The van der Waals surface area contributed by atoms with Gasteiger partial charge in [0.05, 0.1) is 24.3 Å². The average molecular weight is 497 g/mol. The fourth-order valence-corrected chi connectivity index (χ4v) is 4.26. The molecule has 0 saturated heterocycles. The zero-order valence-electron chi connectivity index (χ0n) is 18.4. The van der Waals surface area contributed by atoms with Gasteiger partial charge >= 0.3 is 5.69 Å². The molecule has 8 nitrogen and oxygen atoms in total. The van der Waals surface area contributed by atoms with Crippen LogP contribution in [-0.4, -0.2) is 34.1 Å². The van der Waals surface area contributed by atoms with Gasteiger partial charge < -0.3 is 5.11 Å². The number of hydrogen-bond acceptors (Lipinski definition) is 5. The van der Waals surface area contributed by atoms with Crippen LogP contribution in [0.4, 0.5) is 8.78 Å². The third kappa shape index (κ3) is 4.11. The van der Waals surface area contributed by atoms with E-state index in [0.717, 1.165) is 27.9 Å². The summed E-state index contributed by atoms with van der Waals surface area (Å²) >= 11 is 5.97. The highest BCUT2D eigenvalue weighted by molar-refractivity contribution is 6.30. The number of benzene rings is 2. The maximum Gasteiger partial charge on any atom is 0.349 e. The Kier molecular flexibility index (Phi) is 5.70. The van der Waals surface area contributed by atoms with Gasteiger partial charge in [-0.15, -0.1) is 0 Å². The van der Waals surface area contributed by atoms with E-state index >= 15 is 0 Å². The highest BCUT2D eigenvalue weighted by atomic mass is 35.5. The third-order valence-electron chi connectivity index (χ3n) is 6.07. The normalized spacial score (nSPS) is 14.2. The summed E-state index contributed by atoms with van der Waals surface area (Å²) < 4.78 is 32.2. The highest BCUT2D eigenvalue weighted by Gasteiger charge is 2.41. The molecule has 35 heavy (non-hydrogen) atoms. The summed E-state index contributed by atoms with van der Waals surface area (Å²) in [4.78, 5) is 17.3. The van der Waals surface area contributed by atoms with Crippen LogP contribution in [0.15, 0.2) is 78.4 Å².